The summed E-state index contributed by atoms with van der Waals surface area (Å²) in [6, 6.07) is 10.0. The molecule has 1 aromatic carbocycles. The van der Waals surface area contributed by atoms with Crippen LogP contribution in [-0.4, -0.2) is 36.2 Å². The first-order valence-corrected chi connectivity index (χ1v) is 6.94. The van der Waals surface area contributed by atoms with Crippen molar-refractivity contribution in [2.45, 2.75) is 11.3 Å². The molecule has 1 aliphatic rings. The highest BCUT2D eigenvalue weighted by Crippen LogP contribution is 2.20. The number of rotatable bonds is 4. The van der Waals surface area contributed by atoms with E-state index in [1.54, 1.807) is 11.8 Å². The SMILES string of the molecule is NCC1CCN(C(=O)CSc2ccccc2)C1. The van der Waals surface area contributed by atoms with E-state index in [4.69, 9.17) is 5.73 Å². The lowest BCUT2D eigenvalue weighted by Crippen LogP contribution is -2.31. The zero-order chi connectivity index (χ0) is 12.1. The quantitative estimate of drug-likeness (QED) is 0.825. The van der Waals surface area contributed by atoms with Crippen LogP contribution in [0.1, 0.15) is 6.42 Å². The van der Waals surface area contributed by atoms with Crippen molar-refractivity contribution >= 4 is 17.7 Å². The van der Waals surface area contributed by atoms with Crippen LogP contribution in [0.4, 0.5) is 0 Å². The summed E-state index contributed by atoms with van der Waals surface area (Å²) in [6.07, 6.45) is 1.05. The summed E-state index contributed by atoms with van der Waals surface area (Å²) in [7, 11) is 0. The summed E-state index contributed by atoms with van der Waals surface area (Å²) in [5, 5.41) is 0. The van der Waals surface area contributed by atoms with Crippen molar-refractivity contribution < 1.29 is 4.79 Å². The van der Waals surface area contributed by atoms with Crippen LogP contribution < -0.4 is 5.73 Å². The lowest BCUT2D eigenvalue weighted by Gasteiger charge is -2.15. The molecule has 2 rings (SSSR count). The van der Waals surface area contributed by atoms with Crippen LogP contribution in [0.25, 0.3) is 0 Å². The lowest BCUT2D eigenvalue weighted by molar-refractivity contribution is -0.127. The number of amides is 1. The molecule has 0 spiro atoms. The highest BCUT2D eigenvalue weighted by molar-refractivity contribution is 8.00. The molecule has 1 unspecified atom stereocenters. The second-order valence-corrected chi connectivity index (χ2v) is 5.38. The fraction of sp³-hybridized carbons (Fsp3) is 0.462. The van der Waals surface area contributed by atoms with Crippen LogP contribution in [0.15, 0.2) is 35.2 Å². The van der Waals surface area contributed by atoms with E-state index in [-0.39, 0.29) is 5.91 Å². The third-order valence-electron chi connectivity index (χ3n) is 3.08. The van der Waals surface area contributed by atoms with Crippen LogP contribution in [0.2, 0.25) is 0 Å². The van der Waals surface area contributed by atoms with Crippen LogP contribution in [0.3, 0.4) is 0 Å². The van der Waals surface area contributed by atoms with Crippen molar-refractivity contribution in [1.29, 1.82) is 0 Å². The van der Waals surface area contributed by atoms with E-state index in [1.165, 1.54) is 0 Å². The van der Waals surface area contributed by atoms with E-state index in [2.05, 4.69) is 0 Å². The molecule has 0 saturated carbocycles. The molecule has 1 heterocycles. The summed E-state index contributed by atoms with van der Waals surface area (Å²) < 4.78 is 0. The second kappa shape index (κ2) is 6.07. The molecule has 0 radical (unpaired) electrons. The molecule has 0 bridgehead atoms. The first kappa shape index (κ1) is 12.5. The Morgan fingerprint density at radius 1 is 1.41 bits per heavy atom. The second-order valence-electron chi connectivity index (χ2n) is 4.33. The van der Waals surface area contributed by atoms with E-state index < -0.39 is 0 Å². The predicted molar refractivity (Wildman–Crippen MR) is 70.9 cm³/mol. The highest BCUT2D eigenvalue weighted by atomic mass is 32.2. The monoisotopic (exact) mass is 250 g/mol. The number of hydrogen-bond acceptors (Lipinski definition) is 3. The molecule has 1 saturated heterocycles. The standard InChI is InChI=1S/C13H18N2OS/c14-8-11-6-7-15(9-11)13(16)10-17-12-4-2-1-3-5-12/h1-5,11H,6-10,14H2. The Bertz CT molecular complexity index is 369. The first-order chi connectivity index (χ1) is 8.29. The van der Waals surface area contributed by atoms with Gasteiger partial charge in [-0.3, -0.25) is 4.79 Å². The fourth-order valence-corrected chi connectivity index (χ4v) is 2.83. The van der Waals surface area contributed by atoms with Gasteiger partial charge in [0, 0.05) is 18.0 Å². The zero-order valence-corrected chi connectivity index (χ0v) is 10.7. The van der Waals surface area contributed by atoms with Gasteiger partial charge in [0.2, 0.25) is 5.91 Å². The number of nitrogens with two attached hydrogens (primary N) is 1. The summed E-state index contributed by atoms with van der Waals surface area (Å²) >= 11 is 1.60. The number of hydrogen-bond donors (Lipinski definition) is 1. The topological polar surface area (TPSA) is 46.3 Å². The van der Waals surface area contributed by atoms with Crippen LogP contribution in [-0.2, 0) is 4.79 Å². The van der Waals surface area contributed by atoms with Crippen molar-refractivity contribution in [2.24, 2.45) is 11.7 Å². The maximum absolute atomic E-state index is 11.9. The van der Waals surface area contributed by atoms with E-state index in [1.807, 2.05) is 35.2 Å². The van der Waals surface area contributed by atoms with Gasteiger partial charge in [-0.25, -0.2) is 0 Å². The van der Waals surface area contributed by atoms with E-state index in [0.717, 1.165) is 24.4 Å². The Kier molecular flexibility index (Phi) is 4.45. The van der Waals surface area contributed by atoms with Gasteiger partial charge in [-0.2, -0.15) is 0 Å². The van der Waals surface area contributed by atoms with Gasteiger partial charge in [0.25, 0.3) is 0 Å². The molecule has 4 heteroatoms. The zero-order valence-electron chi connectivity index (χ0n) is 9.84. The molecular weight excluding hydrogens is 232 g/mol. The van der Waals surface area contributed by atoms with Gasteiger partial charge in [-0.1, -0.05) is 18.2 Å². The van der Waals surface area contributed by atoms with E-state index in [0.29, 0.717) is 18.2 Å². The molecule has 1 amide bonds. The molecule has 1 fully saturated rings. The summed E-state index contributed by atoms with van der Waals surface area (Å²) in [6.45, 7) is 2.40. The largest absolute Gasteiger partial charge is 0.342 e. The van der Waals surface area contributed by atoms with E-state index in [9.17, 15) is 4.79 Å². The Morgan fingerprint density at radius 2 is 2.18 bits per heavy atom. The third kappa shape index (κ3) is 3.48. The normalized spacial score (nSPS) is 19.6. The molecule has 92 valence electrons. The Hall–Kier alpha value is -1.00. The number of benzene rings is 1. The number of thioether (sulfide) groups is 1. The van der Waals surface area contributed by atoms with Crippen molar-refractivity contribution in [3.05, 3.63) is 30.3 Å². The fourth-order valence-electron chi connectivity index (χ4n) is 2.00. The predicted octanol–water partition coefficient (Wildman–Crippen LogP) is 1.59. The molecule has 2 N–H and O–H groups in total. The molecule has 17 heavy (non-hydrogen) atoms. The molecule has 0 aromatic heterocycles. The van der Waals surface area contributed by atoms with Gasteiger partial charge in [-0.05, 0) is 31.0 Å². The minimum Gasteiger partial charge on any atom is -0.342 e. The van der Waals surface area contributed by atoms with Crippen LogP contribution >= 0.6 is 11.8 Å². The van der Waals surface area contributed by atoms with Gasteiger partial charge in [0.05, 0.1) is 5.75 Å². The Morgan fingerprint density at radius 3 is 2.82 bits per heavy atom. The molecule has 0 aliphatic carbocycles. The molecule has 1 atom stereocenters. The molecule has 3 nitrogen and oxygen atoms in total. The van der Waals surface area contributed by atoms with Crippen molar-refractivity contribution in [3.8, 4) is 0 Å². The lowest BCUT2D eigenvalue weighted by atomic mass is 10.1. The first-order valence-electron chi connectivity index (χ1n) is 5.95. The van der Waals surface area contributed by atoms with Gasteiger partial charge < -0.3 is 10.6 Å². The van der Waals surface area contributed by atoms with Crippen molar-refractivity contribution in [1.82, 2.24) is 4.90 Å². The molecule has 1 aliphatic heterocycles. The maximum atomic E-state index is 11.9. The average Bonchev–Trinajstić information content (AvgIpc) is 2.86. The third-order valence-corrected chi connectivity index (χ3v) is 4.07. The minimum atomic E-state index is 0.231. The van der Waals surface area contributed by atoms with Crippen LogP contribution in [0, 0.1) is 5.92 Å². The van der Waals surface area contributed by atoms with Gasteiger partial charge in [0.1, 0.15) is 0 Å². The number of carbonyl (C=O) groups excluding carboxylic acids is 1. The summed E-state index contributed by atoms with van der Waals surface area (Å²) in [5.41, 5.74) is 5.62. The summed E-state index contributed by atoms with van der Waals surface area (Å²) in [5.74, 6) is 1.26. The van der Waals surface area contributed by atoms with Crippen molar-refractivity contribution in [3.63, 3.8) is 0 Å². The number of nitrogens with zero attached hydrogens (tertiary/aromatic N) is 1. The molecule has 1 aromatic rings. The Labute approximate surface area is 106 Å². The minimum absolute atomic E-state index is 0.231. The van der Waals surface area contributed by atoms with Gasteiger partial charge in [0.15, 0.2) is 0 Å². The number of likely N-dealkylation sites (tertiary alicyclic amines) is 1. The van der Waals surface area contributed by atoms with Crippen molar-refractivity contribution in [2.75, 3.05) is 25.4 Å². The smallest absolute Gasteiger partial charge is 0.232 e. The highest BCUT2D eigenvalue weighted by Gasteiger charge is 2.24. The van der Waals surface area contributed by atoms with Crippen LogP contribution in [0.5, 0.6) is 0 Å². The maximum Gasteiger partial charge on any atom is 0.232 e. The Balaban J connectivity index is 1.78. The molecular formula is C13H18N2OS. The van der Waals surface area contributed by atoms with E-state index >= 15 is 0 Å². The van der Waals surface area contributed by atoms with Gasteiger partial charge in [-0.15, -0.1) is 11.8 Å². The average molecular weight is 250 g/mol. The summed E-state index contributed by atoms with van der Waals surface area (Å²) in [4.78, 5) is 15.0. The van der Waals surface area contributed by atoms with Gasteiger partial charge >= 0.3 is 0 Å². The number of carbonyl (C=O) groups is 1.